The highest BCUT2D eigenvalue weighted by atomic mass is 32.1. The Morgan fingerprint density at radius 2 is 2.29 bits per heavy atom. The number of carbonyl (C=O) groups excluding carboxylic acids is 1. The van der Waals surface area contributed by atoms with Gasteiger partial charge < -0.3 is 10.6 Å². The first kappa shape index (κ1) is 15.8. The van der Waals surface area contributed by atoms with Gasteiger partial charge in [-0.1, -0.05) is 0 Å². The average molecular weight is 345 g/mol. The lowest BCUT2D eigenvalue weighted by molar-refractivity contribution is 0.0707. The molecule has 24 heavy (non-hydrogen) atoms. The second kappa shape index (κ2) is 6.64. The van der Waals surface area contributed by atoms with Gasteiger partial charge in [0.15, 0.2) is 0 Å². The minimum Gasteiger partial charge on any atom is -0.338 e. The molecule has 2 aromatic heterocycles. The van der Waals surface area contributed by atoms with E-state index in [0.29, 0.717) is 24.6 Å². The molecule has 2 aromatic rings. The number of piperidine rings is 1. The second-order valence-corrected chi connectivity index (χ2v) is 7.76. The normalized spacial score (nSPS) is 20.4. The van der Waals surface area contributed by atoms with E-state index in [1.165, 1.54) is 28.4 Å². The summed E-state index contributed by atoms with van der Waals surface area (Å²) in [6.07, 6.45) is 9.18. The average Bonchev–Trinajstić information content (AvgIpc) is 3.30. The zero-order valence-corrected chi connectivity index (χ0v) is 14.6. The first-order chi connectivity index (χ1) is 11.7. The van der Waals surface area contributed by atoms with Crippen LogP contribution in [-0.4, -0.2) is 45.2 Å². The predicted molar refractivity (Wildman–Crippen MR) is 93.3 cm³/mol. The number of likely N-dealkylation sites (tertiary alicyclic amines) is 1. The van der Waals surface area contributed by atoms with E-state index in [1.807, 2.05) is 16.2 Å². The van der Waals surface area contributed by atoms with Gasteiger partial charge in [-0.2, -0.15) is 5.10 Å². The first-order valence-corrected chi connectivity index (χ1v) is 9.56. The molecule has 1 amide bonds. The number of hydrogen-bond donors (Lipinski definition) is 1. The van der Waals surface area contributed by atoms with Crippen molar-refractivity contribution < 1.29 is 4.79 Å². The molecule has 0 saturated carbocycles. The summed E-state index contributed by atoms with van der Waals surface area (Å²) in [6, 6.07) is 0. The van der Waals surface area contributed by atoms with Crippen LogP contribution in [0.5, 0.6) is 0 Å². The molecule has 7 heteroatoms. The van der Waals surface area contributed by atoms with Crippen molar-refractivity contribution in [2.45, 2.75) is 44.6 Å². The fourth-order valence-corrected chi connectivity index (χ4v) is 4.94. The van der Waals surface area contributed by atoms with Crippen molar-refractivity contribution in [3.8, 4) is 0 Å². The molecule has 6 nitrogen and oxygen atoms in total. The number of fused-ring (bicyclic) bond motifs is 1. The van der Waals surface area contributed by atoms with Crippen LogP contribution in [0.3, 0.4) is 0 Å². The number of amides is 1. The third-order valence-electron chi connectivity index (χ3n) is 4.91. The van der Waals surface area contributed by atoms with Crippen LogP contribution in [0.15, 0.2) is 12.4 Å². The molecule has 1 aliphatic carbocycles. The smallest absolute Gasteiger partial charge is 0.257 e. The lowest BCUT2D eigenvalue weighted by Crippen LogP contribution is -2.39. The first-order valence-electron chi connectivity index (χ1n) is 8.75. The molecular weight excluding hydrogens is 322 g/mol. The number of nitrogens with zero attached hydrogens (tertiary/aromatic N) is 4. The van der Waals surface area contributed by atoms with Crippen molar-refractivity contribution >= 4 is 17.2 Å². The molecule has 0 bridgehead atoms. The van der Waals surface area contributed by atoms with Crippen LogP contribution in [0, 0.1) is 0 Å². The molecule has 0 aromatic carbocycles. The zero-order chi connectivity index (χ0) is 16.5. The Morgan fingerprint density at radius 1 is 1.38 bits per heavy atom. The standard InChI is InChI=1S/C17H23N5OS/c18-6-8-22-11-13(9-19-22)17(23)21-7-2-3-12(10-21)16-20-14-4-1-5-15(14)24-16/h9,11-12H,1-8,10,18H2. The molecule has 1 atom stereocenters. The maximum absolute atomic E-state index is 12.8. The SMILES string of the molecule is NCCn1cc(C(=O)N2CCCC(c3nc4c(s3)CCC4)C2)cn1. The molecule has 128 valence electrons. The van der Waals surface area contributed by atoms with Gasteiger partial charge in [-0.05, 0) is 32.1 Å². The summed E-state index contributed by atoms with van der Waals surface area (Å²) in [6.45, 7) is 2.76. The maximum atomic E-state index is 12.8. The molecule has 1 fully saturated rings. The van der Waals surface area contributed by atoms with Crippen LogP contribution in [0.4, 0.5) is 0 Å². The zero-order valence-electron chi connectivity index (χ0n) is 13.8. The monoisotopic (exact) mass is 345 g/mol. The van der Waals surface area contributed by atoms with Crippen LogP contribution >= 0.6 is 11.3 Å². The number of carbonyl (C=O) groups is 1. The number of rotatable bonds is 4. The van der Waals surface area contributed by atoms with Crippen molar-refractivity contribution in [3.05, 3.63) is 33.5 Å². The topological polar surface area (TPSA) is 77.0 Å². The Kier molecular flexibility index (Phi) is 4.37. The summed E-state index contributed by atoms with van der Waals surface area (Å²) < 4.78 is 1.74. The van der Waals surface area contributed by atoms with Gasteiger partial charge in [0.05, 0.1) is 29.0 Å². The summed E-state index contributed by atoms with van der Waals surface area (Å²) in [5.41, 5.74) is 7.50. The van der Waals surface area contributed by atoms with E-state index in [1.54, 1.807) is 17.1 Å². The largest absolute Gasteiger partial charge is 0.338 e. The summed E-state index contributed by atoms with van der Waals surface area (Å²) in [4.78, 5) is 21.0. The van der Waals surface area contributed by atoms with E-state index in [4.69, 9.17) is 10.7 Å². The predicted octanol–water partition coefficient (Wildman–Crippen LogP) is 1.81. The van der Waals surface area contributed by atoms with Crippen LogP contribution in [0.2, 0.25) is 0 Å². The van der Waals surface area contributed by atoms with E-state index < -0.39 is 0 Å². The van der Waals surface area contributed by atoms with Crippen molar-refractivity contribution in [2.75, 3.05) is 19.6 Å². The van der Waals surface area contributed by atoms with Gasteiger partial charge in [-0.25, -0.2) is 4.98 Å². The highest BCUT2D eigenvalue weighted by Crippen LogP contribution is 2.35. The Bertz CT molecular complexity index is 716. The van der Waals surface area contributed by atoms with Crippen molar-refractivity contribution in [1.82, 2.24) is 19.7 Å². The summed E-state index contributed by atoms with van der Waals surface area (Å²) in [5, 5.41) is 5.44. The molecule has 3 heterocycles. The van der Waals surface area contributed by atoms with E-state index in [0.717, 1.165) is 32.4 Å². The molecule has 1 saturated heterocycles. The number of hydrogen-bond acceptors (Lipinski definition) is 5. The highest BCUT2D eigenvalue weighted by molar-refractivity contribution is 7.11. The molecule has 2 aliphatic rings. The van der Waals surface area contributed by atoms with Crippen molar-refractivity contribution in [1.29, 1.82) is 0 Å². The lowest BCUT2D eigenvalue weighted by atomic mass is 9.98. The minimum atomic E-state index is 0.0760. The summed E-state index contributed by atoms with van der Waals surface area (Å²) in [7, 11) is 0. The maximum Gasteiger partial charge on any atom is 0.257 e. The van der Waals surface area contributed by atoms with Gasteiger partial charge >= 0.3 is 0 Å². The quantitative estimate of drug-likeness (QED) is 0.917. The van der Waals surface area contributed by atoms with Gasteiger partial charge in [0, 0.05) is 36.6 Å². The molecule has 2 N–H and O–H groups in total. The van der Waals surface area contributed by atoms with E-state index in [-0.39, 0.29) is 5.91 Å². The third-order valence-corrected chi connectivity index (χ3v) is 6.23. The van der Waals surface area contributed by atoms with Gasteiger partial charge in [-0.15, -0.1) is 11.3 Å². The number of aromatic nitrogens is 3. The highest BCUT2D eigenvalue weighted by Gasteiger charge is 2.29. The molecule has 0 radical (unpaired) electrons. The molecule has 1 unspecified atom stereocenters. The van der Waals surface area contributed by atoms with E-state index >= 15 is 0 Å². The van der Waals surface area contributed by atoms with Crippen LogP contribution in [0.25, 0.3) is 0 Å². The molecule has 4 rings (SSSR count). The number of nitrogens with two attached hydrogens (primary N) is 1. The van der Waals surface area contributed by atoms with Crippen LogP contribution < -0.4 is 5.73 Å². The fraction of sp³-hybridized carbons (Fsp3) is 0.588. The van der Waals surface area contributed by atoms with Gasteiger partial charge in [-0.3, -0.25) is 9.48 Å². The molecular formula is C17H23N5OS. The van der Waals surface area contributed by atoms with Crippen molar-refractivity contribution in [2.24, 2.45) is 5.73 Å². The van der Waals surface area contributed by atoms with E-state index in [2.05, 4.69) is 5.10 Å². The van der Waals surface area contributed by atoms with E-state index in [9.17, 15) is 4.79 Å². The van der Waals surface area contributed by atoms with Crippen LogP contribution in [0.1, 0.15) is 51.1 Å². The van der Waals surface area contributed by atoms with Gasteiger partial charge in [0.25, 0.3) is 5.91 Å². The number of aryl methyl sites for hydroxylation is 2. The third kappa shape index (κ3) is 2.98. The molecule has 1 aliphatic heterocycles. The van der Waals surface area contributed by atoms with Gasteiger partial charge in [0.1, 0.15) is 0 Å². The molecule has 0 spiro atoms. The Morgan fingerprint density at radius 3 is 3.12 bits per heavy atom. The number of thiazole rings is 1. The minimum absolute atomic E-state index is 0.0760. The summed E-state index contributed by atoms with van der Waals surface area (Å²) >= 11 is 1.87. The summed E-state index contributed by atoms with van der Waals surface area (Å²) in [5.74, 6) is 0.462. The Balaban J connectivity index is 1.46. The van der Waals surface area contributed by atoms with Crippen molar-refractivity contribution in [3.63, 3.8) is 0 Å². The Hall–Kier alpha value is -1.73. The fourth-order valence-electron chi connectivity index (χ4n) is 3.66. The van der Waals surface area contributed by atoms with Crippen LogP contribution in [-0.2, 0) is 19.4 Å². The Labute approximate surface area is 145 Å². The lowest BCUT2D eigenvalue weighted by Gasteiger charge is -2.31. The van der Waals surface area contributed by atoms with Gasteiger partial charge in [0.2, 0.25) is 0 Å². The second-order valence-electron chi connectivity index (χ2n) is 6.65.